The lowest BCUT2D eigenvalue weighted by molar-refractivity contribution is -0.165. The average molecular weight is 425 g/mol. The van der Waals surface area contributed by atoms with E-state index in [9.17, 15) is 13.6 Å². The number of carbonyl (C=O) groups is 1. The first-order chi connectivity index (χ1) is 15.1. The summed E-state index contributed by atoms with van der Waals surface area (Å²) in [6, 6.07) is 23.0. The van der Waals surface area contributed by atoms with Gasteiger partial charge in [0.2, 0.25) is 6.10 Å². The molecule has 160 valence electrons. The van der Waals surface area contributed by atoms with Gasteiger partial charge < -0.3 is 19.1 Å². The molecule has 2 unspecified atom stereocenters. The van der Waals surface area contributed by atoms with Gasteiger partial charge in [0.1, 0.15) is 11.8 Å². The van der Waals surface area contributed by atoms with Crippen LogP contribution in [-0.2, 0) is 11.3 Å². The topological polar surface area (TPSA) is 48.0 Å². The van der Waals surface area contributed by atoms with Gasteiger partial charge in [-0.25, -0.2) is 0 Å². The number of ether oxygens (including phenoxy) is 3. The quantitative estimate of drug-likeness (QED) is 0.485. The Morgan fingerprint density at radius 1 is 0.935 bits per heavy atom. The number of likely N-dealkylation sites (tertiary alicyclic amines) is 1. The number of para-hydroxylation sites is 1. The van der Waals surface area contributed by atoms with Gasteiger partial charge in [0.15, 0.2) is 11.5 Å². The molecule has 3 aromatic rings. The molecule has 5 nitrogen and oxygen atoms in total. The summed E-state index contributed by atoms with van der Waals surface area (Å²) in [6.45, 7) is -2.56. The van der Waals surface area contributed by atoms with Crippen LogP contribution in [0.3, 0.4) is 0 Å². The first kappa shape index (κ1) is 20.7. The predicted octanol–water partition coefficient (Wildman–Crippen LogP) is 4.83. The minimum absolute atomic E-state index is 0.0676. The van der Waals surface area contributed by atoms with Gasteiger partial charge in [0.25, 0.3) is 5.91 Å². The van der Waals surface area contributed by atoms with E-state index in [4.69, 9.17) is 9.47 Å². The lowest BCUT2D eigenvalue weighted by Gasteiger charge is -2.47. The van der Waals surface area contributed by atoms with E-state index < -0.39 is 18.8 Å². The van der Waals surface area contributed by atoms with Gasteiger partial charge >= 0.3 is 6.61 Å². The summed E-state index contributed by atoms with van der Waals surface area (Å²) in [5.74, 6) is 0.525. The molecule has 0 spiro atoms. The molecule has 1 saturated heterocycles. The molecule has 2 atom stereocenters. The molecule has 3 aromatic carbocycles. The second-order valence-electron chi connectivity index (χ2n) is 7.04. The Morgan fingerprint density at radius 3 is 2.26 bits per heavy atom. The van der Waals surface area contributed by atoms with Crippen molar-refractivity contribution in [1.29, 1.82) is 0 Å². The molecule has 0 saturated carbocycles. The maximum atomic E-state index is 13.0. The third kappa shape index (κ3) is 4.45. The minimum atomic E-state index is -2.96. The highest BCUT2D eigenvalue weighted by atomic mass is 19.3. The van der Waals surface area contributed by atoms with Crippen molar-refractivity contribution in [2.75, 3.05) is 7.11 Å². The van der Waals surface area contributed by atoms with Crippen molar-refractivity contribution in [3.05, 3.63) is 90.0 Å². The molecule has 1 fully saturated rings. The summed E-state index contributed by atoms with van der Waals surface area (Å²) in [4.78, 5) is 14.7. The van der Waals surface area contributed by atoms with Crippen LogP contribution in [0.25, 0.3) is 0 Å². The zero-order valence-electron chi connectivity index (χ0n) is 16.8. The van der Waals surface area contributed by atoms with E-state index in [0.29, 0.717) is 17.9 Å². The number of amides is 1. The van der Waals surface area contributed by atoms with Crippen LogP contribution in [0.2, 0.25) is 0 Å². The standard InChI is InChI=1S/C24H21F2NO4/c1-29-20-14-17(12-13-19(20)31-24(25)26)21-22(30-18-10-6-3-7-11-18)23(28)27(21)15-16-8-4-2-5-9-16/h2-14,21-22,24H,15H2,1H3. The number of benzene rings is 3. The van der Waals surface area contributed by atoms with Gasteiger partial charge in [0, 0.05) is 6.54 Å². The highest BCUT2D eigenvalue weighted by Crippen LogP contribution is 2.41. The van der Waals surface area contributed by atoms with Crippen molar-refractivity contribution in [1.82, 2.24) is 4.90 Å². The molecule has 1 aliphatic rings. The number of nitrogens with zero attached hydrogens (tertiary/aromatic N) is 1. The van der Waals surface area contributed by atoms with Gasteiger partial charge in [-0.2, -0.15) is 8.78 Å². The molecule has 1 heterocycles. The third-order valence-electron chi connectivity index (χ3n) is 5.10. The molecule has 0 N–H and O–H groups in total. The van der Waals surface area contributed by atoms with E-state index in [1.165, 1.54) is 13.2 Å². The average Bonchev–Trinajstić information content (AvgIpc) is 2.79. The summed E-state index contributed by atoms with van der Waals surface area (Å²) < 4.78 is 41.1. The Labute approximate surface area is 178 Å². The maximum absolute atomic E-state index is 13.0. The van der Waals surface area contributed by atoms with E-state index in [1.54, 1.807) is 29.2 Å². The fourth-order valence-electron chi connectivity index (χ4n) is 3.65. The summed E-state index contributed by atoms with van der Waals surface area (Å²) in [7, 11) is 1.38. The molecule has 1 aliphatic heterocycles. The summed E-state index contributed by atoms with van der Waals surface area (Å²) in [5, 5.41) is 0. The molecule has 0 bridgehead atoms. The third-order valence-corrected chi connectivity index (χ3v) is 5.10. The highest BCUT2D eigenvalue weighted by Gasteiger charge is 2.50. The second-order valence-corrected chi connectivity index (χ2v) is 7.04. The maximum Gasteiger partial charge on any atom is 0.387 e. The number of methoxy groups -OCH3 is 1. The highest BCUT2D eigenvalue weighted by molar-refractivity contribution is 5.89. The predicted molar refractivity (Wildman–Crippen MR) is 110 cm³/mol. The molecule has 0 radical (unpaired) electrons. The van der Waals surface area contributed by atoms with Crippen LogP contribution < -0.4 is 14.2 Å². The molecular weight excluding hydrogens is 404 g/mol. The molecule has 31 heavy (non-hydrogen) atoms. The van der Waals surface area contributed by atoms with Crippen LogP contribution in [-0.4, -0.2) is 30.6 Å². The van der Waals surface area contributed by atoms with Gasteiger partial charge in [-0.05, 0) is 35.4 Å². The first-order valence-corrected chi connectivity index (χ1v) is 9.75. The van der Waals surface area contributed by atoms with Crippen LogP contribution in [0, 0.1) is 0 Å². The largest absolute Gasteiger partial charge is 0.493 e. The number of β-lactam (4-membered cyclic amide) rings is 1. The fraction of sp³-hybridized carbons (Fsp3) is 0.208. The first-order valence-electron chi connectivity index (χ1n) is 9.75. The zero-order valence-corrected chi connectivity index (χ0v) is 16.8. The van der Waals surface area contributed by atoms with Crippen molar-refractivity contribution < 1.29 is 27.8 Å². The van der Waals surface area contributed by atoms with Crippen molar-refractivity contribution >= 4 is 5.91 Å². The monoisotopic (exact) mass is 425 g/mol. The lowest BCUT2D eigenvalue weighted by Crippen LogP contribution is -2.60. The number of halogens is 2. The Kier molecular flexibility index (Phi) is 6.02. The SMILES string of the molecule is COc1cc(C2C(Oc3ccccc3)C(=O)N2Cc2ccccc2)ccc1OC(F)F. The van der Waals surface area contributed by atoms with Crippen molar-refractivity contribution in [3.63, 3.8) is 0 Å². The Bertz CT molecular complexity index is 979. The second kappa shape index (κ2) is 9.04. The lowest BCUT2D eigenvalue weighted by atomic mass is 9.89. The molecule has 0 aliphatic carbocycles. The number of carbonyl (C=O) groups excluding carboxylic acids is 1. The zero-order chi connectivity index (χ0) is 21.8. The number of hydrogen-bond donors (Lipinski definition) is 0. The normalized spacial score (nSPS) is 17.9. The van der Waals surface area contributed by atoms with Gasteiger partial charge in [-0.15, -0.1) is 0 Å². The van der Waals surface area contributed by atoms with Crippen LogP contribution in [0.4, 0.5) is 8.78 Å². The smallest absolute Gasteiger partial charge is 0.387 e. The Hall–Kier alpha value is -3.61. The van der Waals surface area contributed by atoms with Gasteiger partial charge in [0.05, 0.1) is 7.11 Å². The summed E-state index contributed by atoms with van der Waals surface area (Å²) >= 11 is 0. The summed E-state index contributed by atoms with van der Waals surface area (Å²) in [6.07, 6.45) is -0.738. The number of rotatable bonds is 8. The molecule has 1 amide bonds. The van der Waals surface area contributed by atoms with Crippen LogP contribution in [0.15, 0.2) is 78.9 Å². The molecule has 0 aromatic heterocycles. The van der Waals surface area contributed by atoms with Crippen molar-refractivity contribution in [3.8, 4) is 17.2 Å². The number of hydrogen-bond acceptors (Lipinski definition) is 4. The van der Waals surface area contributed by atoms with Crippen molar-refractivity contribution in [2.24, 2.45) is 0 Å². The Morgan fingerprint density at radius 2 is 1.61 bits per heavy atom. The fourth-order valence-corrected chi connectivity index (χ4v) is 3.65. The molecule has 7 heteroatoms. The molecule has 4 rings (SSSR count). The van der Waals surface area contributed by atoms with E-state index >= 15 is 0 Å². The summed E-state index contributed by atoms with van der Waals surface area (Å²) in [5.41, 5.74) is 1.68. The van der Waals surface area contributed by atoms with Crippen molar-refractivity contribution in [2.45, 2.75) is 25.3 Å². The van der Waals surface area contributed by atoms with Gasteiger partial charge in [-0.1, -0.05) is 54.6 Å². The number of alkyl halides is 2. The van der Waals surface area contributed by atoms with Crippen LogP contribution >= 0.6 is 0 Å². The van der Waals surface area contributed by atoms with Crippen LogP contribution in [0.1, 0.15) is 17.2 Å². The van der Waals surface area contributed by atoms with E-state index in [0.717, 1.165) is 5.56 Å². The molecular formula is C24H21F2NO4. The van der Waals surface area contributed by atoms with Gasteiger partial charge in [-0.3, -0.25) is 4.79 Å². The van der Waals surface area contributed by atoms with Crippen LogP contribution in [0.5, 0.6) is 17.2 Å². The Balaban J connectivity index is 1.65. The minimum Gasteiger partial charge on any atom is -0.493 e. The van der Waals surface area contributed by atoms with E-state index in [2.05, 4.69) is 4.74 Å². The van der Waals surface area contributed by atoms with E-state index in [1.807, 2.05) is 48.5 Å². The van der Waals surface area contributed by atoms with E-state index in [-0.39, 0.29) is 17.4 Å².